The van der Waals surface area contributed by atoms with Crippen molar-refractivity contribution in [2.24, 2.45) is 0 Å². The summed E-state index contributed by atoms with van der Waals surface area (Å²) >= 11 is 0. The summed E-state index contributed by atoms with van der Waals surface area (Å²) in [4.78, 5) is 3.94. The molecule has 6 nitrogen and oxygen atoms in total. The fraction of sp³-hybridized carbons (Fsp3) is 0.0833. The van der Waals surface area contributed by atoms with Crippen molar-refractivity contribution >= 4 is 5.57 Å². The Morgan fingerprint density at radius 1 is 0.944 bits per heavy atom. The van der Waals surface area contributed by atoms with E-state index in [0.717, 1.165) is 17.7 Å². The van der Waals surface area contributed by atoms with E-state index >= 15 is 0 Å². The highest BCUT2D eigenvalue weighted by Gasteiger charge is 2.07. The third-order valence-electron chi connectivity index (χ3n) is 2.50. The Kier molecular flexibility index (Phi) is 2.75. The lowest BCUT2D eigenvalue weighted by molar-refractivity contribution is 0.841. The molecular weight excluding hydrogens is 228 g/mol. The molecule has 3 heterocycles. The fourth-order valence-electron chi connectivity index (χ4n) is 1.58. The SMILES string of the molecule is C1=CC(c2nnc(-c3ccncc3)nn2)=CCN1. The maximum absolute atomic E-state index is 4.09. The molecule has 0 saturated carbocycles. The molecular formula is C12H10N6. The average molecular weight is 238 g/mol. The first-order valence-electron chi connectivity index (χ1n) is 5.52. The number of nitrogens with zero attached hydrogens (tertiary/aromatic N) is 5. The Morgan fingerprint density at radius 2 is 1.67 bits per heavy atom. The predicted octanol–water partition coefficient (Wildman–Crippen LogP) is 0.829. The van der Waals surface area contributed by atoms with Gasteiger partial charge in [-0.25, -0.2) is 0 Å². The number of dihydropyridines is 1. The van der Waals surface area contributed by atoms with E-state index in [1.165, 1.54) is 0 Å². The Balaban J connectivity index is 1.90. The molecule has 1 N–H and O–H groups in total. The van der Waals surface area contributed by atoms with Crippen molar-refractivity contribution in [3.63, 3.8) is 0 Å². The summed E-state index contributed by atoms with van der Waals surface area (Å²) in [5, 5.41) is 19.4. The van der Waals surface area contributed by atoms with E-state index in [4.69, 9.17) is 0 Å². The fourth-order valence-corrected chi connectivity index (χ4v) is 1.58. The molecule has 2 aromatic heterocycles. The monoisotopic (exact) mass is 238 g/mol. The van der Waals surface area contributed by atoms with Crippen LogP contribution in [0, 0.1) is 0 Å². The maximum Gasteiger partial charge on any atom is 0.203 e. The second-order valence-corrected chi connectivity index (χ2v) is 3.68. The molecule has 0 fully saturated rings. The quantitative estimate of drug-likeness (QED) is 0.835. The van der Waals surface area contributed by atoms with Crippen LogP contribution in [0.3, 0.4) is 0 Å². The van der Waals surface area contributed by atoms with Gasteiger partial charge in [0.15, 0.2) is 0 Å². The minimum atomic E-state index is 0.500. The van der Waals surface area contributed by atoms with Crippen molar-refractivity contribution in [3.05, 3.63) is 48.7 Å². The van der Waals surface area contributed by atoms with E-state index in [9.17, 15) is 0 Å². The van der Waals surface area contributed by atoms with Gasteiger partial charge in [0.25, 0.3) is 0 Å². The van der Waals surface area contributed by atoms with Gasteiger partial charge in [-0.2, -0.15) is 0 Å². The Morgan fingerprint density at radius 3 is 2.33 bits per heavy atom. The molecule has 18 heavy (non-hydrogen) atoms. The molecule has 1 aliphatic rings. The second-order valence-electron chi connectivity index (χ2n) is 3.68. The molecule has 0 amide bonds. The Hall–Kier alpha value is -2.63. The molecule has 1 aliphatic heterocycles. The van der Waals surface area contributed by atoms with Gasteiger partial charge in [-0.1, -0.05) is 6.08 Å². The van der Waals surface area contributed by atoms with Crippen molar-refractivity contribution in [3.8, 4) is 11.4 Å². The third kappa shape index (κ3) is 2.08. The summed E-state index contributed by atoms with van der Waals surface area (Å²) < 4.78 is 0. The Labute approximate surface area is 104 Å². The first-order chi connectivity index (χ1) is 8.93. The molecule has 0 unspecified atom stereocenters. The van der Waals surface area contributed by atoms with Gasteiger partial charge < -0.3 is 5.32 Å². The Bertz CT molecular complexity index is 588. The highest BCUT2D eigenvalue weighted by molar-refractivity contribution is 5.70. The lowest BCUT2D eigenvalue weighted by Gasteiger charge is -2.05. The molecule has 3 rings (SSSR count). The molecule has 88 valence electrons. The van der Waals surface area contributed by atoms with E-state index in [1.807, 2.05) is 30.5 Å². The summed E-state index contributed by atoms with van der Waals surface area (Å²) in [5.74, 6) is 1.03. The number of allylic oxidation sites excluding steroid dienone is 2. The summed E-state index contributed by atoms with van der Waals surface area (Å²) in [5.41, 5.74) is 1.78. The van der Waals surface area contributed by atoms with Gasteiger partial charge in [-0.15, -0.1) is 20.4 Å². The lowest BCUT2D eigenvalue weighted by atomic mass is 10.2. The van der Waals surface area contributed by atoms with Crippen LogP contribution >= 0.6 is 0 Å². The highest BCUT2D eigenvalue weighted by atomic mass is 15.3. The van der Waals surface area contributed by atoms with Crippen molar-refractivity contribution in [2.75, 3.05) is 6.54 Å². The van der Waals surface area contributed by atoms with Crippen LogP contribution in [-0.4, -0.2) is 31.9 Å². The van der Waals surface area contributed by atoms with Gasteiger partial charge in [0.1, 0.15) is 0 Å². The van der Waals surface area contributed by atoms with Gasteiger partial charge >= 0.3 is 0 Å². The number of rotatable bonds is 2. The first-order valence-corrected chi connectivity index (χ1v) is 5.52. The van der Waals surface area contributed by atoms with Crippen LogP contribution in [0.15, 0.2) is 42.9 Å². The minimum absolute atomic E-state index is 0.500. The van der Waals surface area contributed by atoms with Crippen LogP contribution in [-0.2, 0) is 0 Å². The summed E-state index contributed by atoms with van der Waals surface area (Å²) in [6.07, 6.45) is 9.12. The van der Waals surface area contributed by atoms with Gasteiger partial charge in [0, 0.05) is 30.1 Å². The standard InChI is InChI=1S/C12H10N6/c1-5-13-6-2-9(1)11-15-17-12(18-16-11)10-3-7-14-8-4-10/h1-7,14H,8H2. The normalized spacial score (nSPS) is 13.9. The van der Waals surface area contributed by atoms with Crippen molar-refractivity contribution < 1.29 is 0 Å². The van der Waals surface area contributed by atoms with Crippen molar-refractivity contribution in [1.82, 2.24) is 30.7 Å². The second kappa shape index (κ2) is 4.70. The van der Waals surface area contributed by atoms with E-state index in [0.29, 0.717) is 11.6 Å². The van der Waals surface area contributed by atoms with Crippen LogP contribution in [0.25, 0.3) is 17.0 Å². The molecule has 0 atom stereocenters. The summed E-state index contributed by atoms with van der Waals surface area (Å²) in [6.45, 7) is 0.765. The lowest BCUT2D eigenvalue weighted by Crippen LogP contribution is -2.10. The molecule has 0 saturated heterocycles. The molecule has 0 spiro atoms. The van der Waals surface area contributed by atoms with Gasteiger partial charge in [0.05, 0.1) is 0 Å². The molecule has 0 radical (unpaired) electrons. The van der Waals surface area contributed by atoms with Crippen LogP contribution in [0.4, 0.5) is 0 Å². The third-order valence-corrected chi connectivity index (χ3v) is 2.50. The largest absolute Gasteiger partial charge is 0.387 e. The van der Waals surface area contributed by atoms with E-state index in [-0.39, 0.29) is 0 Å². The van der Waals surface area contributed by atoms with E-state index in [1.54, 1.807) is 12.4 Å². The van der Waals surface area contributed by atoms with Gasteiger partial charge in [0.2, 0.25) is 11.6 Å². The molecule has 2 aromatic rings. The highest BCUT2D eigenvalue weighted by Crippen LogP contribution is 2.14. The predicted molar refractivity (Wildman–Crippen MR) is 66.0 cm³/mol. The number of hydrogen-bond donors (Lipinski definition) is 1. The smallest absolute Gasteiger partial charge is 0.203 e. The molecule has 0 aromatic carbocycles. The van der Waals surface area contributed by atoms with Crippen molar-refractivity contribution in [1.29, 1.82) is 0 Å². The zero-order valence-electron chi connectivity index (χ0n) is 9.48. The first kappa shape index (κ1) is 10.5. The molecule has 6 heteroatoms. The number of pyridine rings is 1. The zero-order valence-corrected chi connectivity index (χ0v) is 9.48. The minimum Gasteiger partial charge on any atom is -0.387 e. The van der Waals surface area contributed by atoms with E-state index < -0.39 is 0 Å². The van der Waals surface area contributed by atoms with Gasteiger partial charge in [-0.3, -0.25) is 4.98 Å². The number of hydrogen-bond acceptors (Lipinski definition) is 6. The van der Waals surface area contributed by atoms with E-state index in [2.05, 4.69) is 30.7 Å². The topological polar surface area (TPSA) is 76.5 Å². The van der Waals surface area contributed by atoms with Crippen LogP contribution in [0.5, 0.6) is 0 Å². The number of nitrogens with one attached hydrogen (secondary N) is 1. The zero-order chi connectivity index (χ0) is 12.2. The van der Waals surface area contributed by atoms with Crippen LogP contribution < -0.4 is 5.32 Å². The maximum atomic E-state index is 4.09. The van der Waals surface area contributed by atoms with Crippen molar-refractivity contribution in [2.45, 2.75) is 0 Å². The number of aromatic nitrogens is 5. The molecule has 0 bridgehead atoms. The summed E-state index contributed by atoms with van der Waals surface area (Å²) in [7, 11) is 0. The summed E-state index contributed by atoms with van der Waals surface area (Å²) in [6, 6.07) is 3.64. The molecule has 0 aliphatic carbocycles. The van der Waals surface area contributed by atoms with Gasteiger partial charge in [-0.05, 0) is 24.4 Å². The van der Waals surface area contributed by atoms with Crippen LogP contribution in [0.2, 0.25) is 0 Å². The average Bonchev–Trinajstić information content (AvgIpc) is 2.49. The van der Waals surface area contributed by atoms with Crippen LogP contribution in [0.1, 0.15) is 5.82 Å².